The number of aryl methyl sites for hydroxylation is 1. The molecular formula is C20H18BrClN4O2S. The van der Waals surface area contributed by atoms with Crippen molar-refractivity contribution in [3.05, 3.63) is 52.6 Å². The Labute approximate surface area is 187 Å². The molecule has 1 aliphatic heterocycles. The minimum Gasteiger partial charge on any atom is -0.449 e. The number of benzene rings is 1. The summed E-state index contributed by atoms with van der Waals surface area (Å²) in [6, 6.07) is 9.51. The van der Waals surface area contributed by atoms with Gasteiger partial charge < -0.3 is 14.8 Å². The van der Waals surface area contributed by atoms with Gasteiger partial charge in [0, 0.05) is 37.2 Å². The average Bonchev–Trinajstić information content (AvgIpc) is 3.28. The number of aromatic nitrogens is 3. The number of halogens is 2. The van der Waals surface area contributed by atoms with Gasteiger partial charge >= 0.3 is 0 Å². The third kappa shape index (κ3) is 3.68. The molecule has 29 heavy (non-hydrogen) atoms. The van der Waals surface area contributed by atoms with Crippen LogP contribution >= 0.6 is 39.9 Å². The van der Waals surface area contributed by atoms with Crippen LogP contribution in [0, 0.1) is 6.92 Å². The zero-order valence-electron chi connectivity index (χ0n) is 15.9. The van der Waals surface area contributed by atoms with Crippen molar-refractivity contribution in [3.63, 3.8) is 0 Å². The third-order valence-electron chi connectivity index (χ3n) is 4.41. The number of thiazole rings is 1. The first-order valence-electron chi connectivity index (χ1n) is 8.77. The second kappa shape index (κ2) is 7.19. The predicted octanol–water partition coefficient (Wildman–Crippen LogP) is 6.25. The Hall–Kier alpha value is -2.29. The van der Waals surface area contributed by atoms with Crippen molar-refractivity contribution in [2.45, 2.75) is 26.6 Å². The fourth-order valence-corrected chi connectivity index (χ4v) is 4.18. The van der Waals surface area contributed by atoms with E-state index in [2.05, 4.69) is 10.3 Å². The van der Waals surface area contributed by atoms with E-state index in [1.54, 1.807) is 0 Å². The fraction of sp³-hybridized carbons (Fsp3) is 0.200. The largest absolute Gasteiger partial charge is 0.449 e. The molecule has 1 N–H and O–H groups in total. The molecule has 4 heterocycles. The van der Waals surface area contributed by atoms with Gasteiger partial charge in [0.15, 0.2) is 16.6 Å². The van der Waals surface area contributed by atoms with E-state index in [4.69, 9.17) is 26.1 Å². The molecule has 0 amide bonds. The predicted molar refractivity (Wildman–Crippen MR) is 121 cm³/mol. The van der Waals surface area contributed by atoms with E-state index in [0.29, 0.717) is 5.02 Å². The molecule has 0 radical (unpaired) electrons. The number of hydrogen-bond donors (Lipinski definition) is 1. The number of hydrogen-bond acceptors (Lipinski definition) is 6. The third-order valence-corrected chi connectivity index (χ3v) is 5.39. The molecule has 0 saturated heterocycles. The zero-order chi connectivity index (χ0) is 19.5. The maximum absolute atomic E-state index is 6.17. The van der Waals surface area contributed by atoms with Crippen molar-refractivity contribution in [3.8, 4) is 22.9 Å². The molecule has 0 bridgehead atoms. The van der Waals surface area contributed by atoms with Crippen LogP contribution in [0.1, 0.15) is 19.5 Å². The summed E-state index contributed by atoms with van der Waals surface area (Å²) in [5.74, 6) is 0.824. The average molecular weight is 494 g/mol. The number of fused-ring (bicyclic) bond motifs is 2. The number of nitrogens with one attached hydrogen (secondary N) is 1. The lowest BCUT2D eigenvalue weighted by molar-refractivity contribution is -0.0431. The zero-order valence-corrected chi connectivity index (χ0v) is 19.2. The van der Waals surface area contributed by atoms with E-state index in [1.165, 1.54) is 11.3 Å². The van der Waals surface area contributed by atoms with Crippen molar-refractivity contribution >= 4 is 56.4 Å². The van der Waals surface area contributed by atoms with Gasteiger partial charge in [0.25, 0.3) is 0 Å². The standard InChI is InChI=1S/C20H17ClN4O2S.BrH/c1-11-18(25-9-12(21)4-7-17(25)22-11)14-10-28-19(24-14)23-13-5-6-15-16(8-13)27-20(2,3)26-15;/h4-10H,1-3H3,(H,23,24);1H. The monoisotopic (exact) mass is 492 g/mol. The molecular weight excluding hydrogens is 476 g/mol. The highest BCUT2D eigenvalue weighted by Gasteiger charge is 2.31. The van der Waals surface area contributed by atoms with Gasteiger partial charge in [0.1, 0.15) is 11.3 Å². The van der Waals surface area contributed by atoms with Crippen LogP contribution < -0.4 is 14.8 Å². The molecule has 0 saturated carbocycles. The topological polar surface area (TPSA) is 60.7 Å². The maximum Gasteiger partial charge on any atom is 0.246 e. The van der Waals surface area contributed by atoms with Gasteiger partial charge in [-0.2, -0.15) is 0 Å². The number of anilines is 2. The first-order chi connectivity index (χ1) is 13.4. The Kier molecular flexibility index (Phi) is 4.96. The lowest BCUT2D eigenvalue weighted by Crippen LogP contribution is -2.29. The summed E-state index contributed by atoms with van der Waals surface area (Å²) in [5.41, 5.74) is 4.43. The van der Waals surface area contributed by atoms with Gasteiger partial charge in [-0.05, 0) is 31.2 Å². The number of nitrogens with zero attached hydrogens (tertiary/aromatic N) is 3. The van der Waals surface area contributed by atoms with Crippen LogP contribution in [0.25, 0.3) is 17.0 Å². The van der Waals surface area contributed by atoms with Crippen molar-refractivity contribution in [1.29, 1.82) is 0 Å². The number of pyridine rings is 1. The van der Waals surface area contributed by atoms with E-state index in [-0.39, 0.29) is 17.0 Å². The molecule has 0 fully saturated rings. The van der Waals surface area contributed by atoms with Crippen LogP contribution in [-0.4, -0.2) is 20.2 Å². The van der Waals surface area contributed by atoms with E-state index in [0.717, 1.165) is 45.0 Å². The summed E-state index contributed by atoms with van der Waals surface area (Å²) >= 11 is 7.69. The van der Waals surface area contributed by atoms with Crippen LogP contribution in [-0.2, 0) is 0 Å². The van der Waals surface area contributed by atoms with Gasteiger partial charge in [-0.3, -0.25) is 4.40 Å². The Morgan fingerprint density at radius 2 is 1.90 bits per heavy atom. The highest BCUT2D eigenvalue weighted by molar-refractivity contribution is 8.93. The van der Waals surface area contributed by atoms with E-state index < -0.39 is 5.79 Å². The first-order valence-corrected chi connectivity index (χ1v) is 10.0. The first kappa shape index (κ1) is 20.0. The van der Waals surface area contributed by atoms with Crippen molar-refractivity contribution in [2.24, 2.45) is 0 Å². The van der Waals surface area contributed by atoms with E-state index in [9.17, 15) is 0 Å². The normalized spacial score (nSPS) is 14.1. The summed E-state index contributed by atoms with van der Waals surface area (Å²) in [6.07, 6.45) is 1.86. The summed E-state index contributed by atoms with van der Waals surface area (Å²) in [5, 5.41) is 6.79. The van der Waals surface area contributed by atoms with Crippen LogP contribution in [0.4, 0.5) is 10.8 Å². The van der Waals surface area contributed by atoms with Crippen LogP contribution in [0.15, 0.2) is 41.9 Å². The van der Waals surface area contributed by atoms with Gasteiger partial charge in [-0.25, -0.2) is 9.97 Å². The molecule has 5 rings (SSSR count). The molecule has 9 heteroatoms. The van der Waals surface area contributed by atoms with Gasteiger partial charge in [-0.1, -0.05) is 11.6 Å². The van der Waals surface area contributed by atoms with Crippen molar-refractivity contribution in [2.75, 3.05) is 5.32 Å². The van der Waals surface area contributed by atoms with Crippen molar-refractivity contribution in [1.82, 2.24) is 14.4 Å². The van der Waals surface area contributed by atoms with Gasteiger partial charge in [0.2, 0.25) is 5.79 Å². The van der Waals surface area contributed by atoms with Crippen LogP contribution in [0.2, 0.25) is 5.02 Å². The minimum atomic E-state index is -0.642. The second-order valence-electron chi connectivity index (χ2n) is 7.05. The summed E-state index contributed by atoms with van der Waals surface area (Å²) in [6.45, 7) is 5.75. The lowest BCUT2D eigenvalue weighted by Gasteiger charge is -2.16. The molecule has 4 aromatic rings. The fourth-order valence-electron chi connectivity index (χ4n) is 3.31. The molecule has 0 aliphatic carbocycles. The highest BCUT2D eigenvalue weighted by atomic mass is 79.9. The maximum atomic E-state index is 6.17. The molecule has 0 unspecified atom stereocenters. The number of rotatable bonds is 3. The van der Waals surface area contributed by atoms with Crippen LogP contribution in [0.3, 0.4) is 0 Å². The van der Waals surface area contributed by atoms with Gasteiger partial charge in [-0.15, -0.1) is 28.3 Å². The van der Waals surface area contributed by atoms with Crippen LogP contribution in [0.5, 0.6) is 11.5 Å². The highest BCUT2D eigenvalue weighted by Crippen LogP contribution is 2.41. The second-order valence-corrected chi connectivity index (χ2v) is 8.34. The Morgan fingerprint density at radius 3 is 2.72 bits per heavy atom. The summed E-state index contributed by atoms with van der Waals surface area (Å²) < 4.78 is 13.5. The minimum absolute atomic E-state index is 0. The lowest BCUT2D eigenvalue weighted by atomic mass is 10.3. The van der Waals surface area contributed by atoms with Crippen molar-refractivity contribution < 1.29 is 9.47 Å². The quantitative estimate of drug-likeness (QED) is 0.365. The molecule has 1 aromatic carbocycles. The SMILES string of the molecule is Br.Cc1nc2ccc(Cl)cn2c1-c1csc(Nc2ccc3c(c2)OC(C)(C)O3)n1. The molecule has 3 aromatic heterocycles. The van der Waals surface area contributed by atoms with E-state index >= 15 is 0 Å². The van der Waals surface area contributed by atoms with E-state index in [1.807, 2.05) is 67.1 Å². The number of imidazole rings is 1. The Morgan fingerprint density at radius 1 is 1.10 bits per heavy atom. The van der Waals surface area contributed by atoms with Gasteiger partial charge in [0.05, 0.1) is 16.4 Å². The number of ether oxygens (including phenoxy) is 2. The Bertz CT molecular complexity index is 1220. The summed E-state index contributed by atoms with van der Waals surface area (Å²) in [7, 11) is 0. The molecule has 6 nitrogen and oxygen atoms in total. The molecule has 0 atom stereocenters. The Balaban J connectivity index is 0.00000205. The molecule has 150 valence electrons. The molecule has 1 aliphatic rings. The summed E-state index contributed by atoms with van der Waals surface area (Å²) in [4.78, 5) is 9.34. The smallest absolute Gasteiger partial charge is 0.246 e. The molecule has 0 spiro atoms.